The van der Waals surface area contributed by atoms with E-state index in [1.54, 1.807) is 6.20 Å². The van der Waals surface area contributed by atoms with Crippen LogP contribution in [0.1, 0.15) is 25.1 Å². The molecule has 21 heavy (non-hydrogen) atoms. The summed E-state index contributed by atoms with van der Waals surface area (Å²) in [5.41, 5.74) is 1.03. The molecule has 2 rings (SSSR count). The third-order valence-electron chi connectivity index (χ3n) is 2.82. The van der Waals surface area contributed by atoms with Gasteiger partial charge in [0, 0.05) is 16.6 Å². The third-order valence-corrected chi connectivity index (χ3v) is 3.93. The Labute approximate surface area is 128 Å². The zero-order valence-corrected chi connectivity index (χ0v) is 13.0. The molecule has 0 saturated heterocycles. The second-order valence-corrected chi connectivity index (χ2v) is 6.37. The number of thiazole rings is 1. The highest BCUT2D eigenvalue weighted by atomic mass is 32.1. The van der Waals surface area contributed by atoms with Crippen molar-refractivity contribution < 1.29 is 14.6 Å². The van der Waals surface area contributed by atoms with Crippen LogP contribution < -0.4 is 4.74 Å². The molecule has 1 heterocycles. The summed E-state index contributed by atoms with van der Waals surface area (Å²) in [6.07, 6.45) is 2.43. The molecular formula is C16H19NO3S. The number of carboxylic acids is 1. The fraction of sp³-hybridized carbons (Fsp3) is 0.375. The highest BCUT2D eigenvalue weighted by molar-refractivity contribution is 7.15. The predicted molar refractivity (Wildman–Crippen MR) is 83.8 cm³/mol. The van der Waals surface area contributed by atoms with Gasteiger partial charge in [0.05, 0.1) is 13.0 Å². The number of ether oxygens (including phenoxy) is 1. The largest absolute Gasteiger partial charge is 0.493 e. The van der Waals surface area contributed by atoms with Gasteiger partial charge in [0.2, 0.25) is 0 Å². The van der Waals surface area contributed by atoms with Gasteiger partial charge in [-0.2, -0.15) is 0 Å². The summed E-state index contributed by atoms with van der Waals surface area (Å²) >= 11 is 1.54. The summed E-state index contributed by atoms with van der Waals surface area (Å²) in [6.45, 7) is 4.93. The van der Waals surface area contributed by atoms with E-state index in [0.29, 0.717) is 18.9 Å². The maximum atomic E-state index is 10.6. The lowest BCUT2D eigenvalue weighted by Crippen LogP contribution is -2.04. The first-order valence-electron chi connectivity index (χ1n) is 6.94. The van der Waals surface area contributed by atoms with Gasteiger partial charge in [-0.3, -0.25) is 4.79 Å². The number of aliphatic carboxylic acids is 1. The predicted octanol–water partition coefficient (Wildman–Crippen LogP) is 3.86. The average molecular weight is 305 g/mol. The van der Waals surface area contributed by atoms with Crippen LogP contribution in [-0.4, -0.2) is 22.7 Å². The molecule has 1 N–H and O–H groups in total. The summed E-state index contributed by atoms with van der Waals surface area (Å²) in [5, 5.41) is 9.60. The van der Waals surface area contributed by atoms with Gasteiger partial charge >= 0.3 is 5.97 Å². The molecule has 0 aliphatic carbocycles. The van der Waals surface area contributed by atoms with Crippen molar-refractivity contribution in [2.75, 3.05) is 6.61 Å². The van der Waals surface area contributed by atoms with Crippen molar-refractivity contribution in [1.82, 2.24) is 4.98 Å². The van der Waals surface area contributed by atoms with Crippen LogP contribution in [0.25, 0.3) is 10.6 Å². The lowest BCUT2D eigenvalue weighted by Gasteiger charge is -2.08. The SMILES string of the molecule is CC(C)COc1ccc(-c2ncc(CCC(=O)O)s2)cc1. The van der Waals surface area contributed by atoms with Crippen LogP contribution >= 0.6 is 11.3 Å². The molecule has 1 aromatic carbocycles. The standard InChI is InChI=1S/C16H19NO3S/c1-11(2)10-20-13-5-3-12(4-6-13)16-17-9-14(21-16)7-8-15(18)19/h3-6,9,11H,7-8,10H2,1-2H3,(H,18,19). The molecule has 112 valence electrons. The van der Waals surface area contributed by atoms with Gasteiger partial charge in [0.1, 0.15) is 10.8 Å². The minimum atomic E-state index is -0.781. The second kappa shape index (κ2) is 7.22. The fourth-order valence-electron chi connectivity index (χ4n) is 1.74. The van der Waals surface area contributed by atoms with Crippen molar-refractivity contribution in [3.05, 3.63) is 35.3 Å². The van der Waals surface area contributed by atoms with E-state index in [0.717, 1.165) is 21.2 Å². The molecule has 0 spiro atoms. The van der Waals surface area contributed by atoms with Crippen LogP contribution in [0.5, 0.6) is 5.75 Å². The van der Waals surface area contributed by atoms with Gasteiger partial charge in [-0.05, 0) is 36.6 Å². The zero-order chi connectivity index (χ0) is 15.2. The summed E-state index contributed by atoms with van der Waals surface area (Å²) in [6, 6.07) is 7.84. The van der Waals surface area contributed by atoms with E-state index in [1.165, 1.54) is 11.3 Å². The lowest BCUT2D eigenvalue weighted by molar-refractivity contribution is -0.136. The Morgan fingerprint density at radius 1 is 1.33 bits per heavy atom. The van der Waals surface area contributed by atoms with Crippen molar-refractivity contribution in [3.63, 3.8) is 0 Å². The van der Waals surface area contributed by atoms with Gasteiger partial charge in [-0.1, -0.05) is 13.8 Å². The number of nitrogens with zero attached hydrogens (tertiary/aromatic N) is 1. The van der Waals surface area contributed by atoms with Gasteiger partial charge < -0.3 is 9.84 Å². The summed E-state index contributed by atoms with van der Waals surface area (Å²) < 4.78 is 5.65. The number of carbonyl (C=O) groups is 1. The summed E-state index contributed by atoms with van der Waals surface area (Å²) in [4.78, 5) is 15.9. The molecule has 0 bridgehead atoms. The Kier molecular flexibility index (Phi) is 5.33. The number of carboxylic acid groups (broad SMARTS) is 1. The second-order valence-electron chi connectivity index (χ2n) is 5.25. The zero-order valence-electron chi connectivity index (χ0n) is 12.2. The highest BCUT2D eigenvalue weighted by Gasteiger charge is 2.07. The van der Waals surface area contributed by atoms with E-state index >= 15 is 0 Å². The monoisotopic (exact) mass is 305 g/mol. The molecule has 0 atom stereocenters. The Bertz CT molecular complexity index is 590. The molecule has 0 fully saturated rings. The number of aryl methyl sites for hydroxylation is 1. The minimum Gasteiger partial charge on any atom is -0.493 e. The lowest BCUT2D eigenvalue weighted by atomic mass is 10.2. The first kappa shape index (κ1) is 15.5. The number of hydrogen-bond donors (Lipinski definition) is 1. The molecule has 1 aromatic heterocycles. The van der Waals surface area contributed by atoms with E-state index in [4.69, 9.17) is 9.84 Å². The van der Waals surface area contributed by atoms with Crippen molar-refractivity contribution >= 4 is 17.3 Å². The van der Waals surface area contributed by atoms with Crippen LogP contribution in [0, 0.1) is 5.92 Å². The summed E-state index contributed by atoms with van der Waals surface area (Å²) in [5.74, 6) is 0.576. The topological polar surface area (TPSA) is 59.4 Å². The molecule has 0 aliphatic heterocycles. The average Bonchev–Trinajstić information content (AvgIpc) is 2.92. The van der Waals surface area contributed by atoms with E-state index in [9.17, 15) is 4.79 Å². The van der Waals surface area contributed by atoms with Crippen LogP contribution in [0.3, 0.4) is 0 Å². The molecular weight excluding hydrogens is 286 g/mol. The van der Waals surface area contributed by atoms with Gasteiger partial charge in [0.15, 0.2) is 0 Å². The highest BCUT2D eigenvalue weighted by Crippen LogP contribution is 2.27. The van der Waals surface area contributed by atoms with Gasteiger partial charge in [-0.15, -0.1) is 11.3 Å². The van der Waals surface area contributed by atoms with Crippen LogP contribution in [-0.2, 0) is 11.2 Å². The van der Waals surface area contributed by atoms with Crippen LogP contribution in [0.15, 0.2) is 30.5 Å². The number of rotatable bonds is 7. The first-order chi connectivity index (χ1) is 10.0. The molecule has 0 amide bonds. The van der Waals surface area contributed by atoms with Gasteiger partial charge in [0.25, 0.3) is 0 Å². The Balaban J connectivity index is 2.00. The van der Waals surface area contributed by atoms with Crippen molar-refractivity contribution in [1.29, 1.82) is 0 Å². The van der Waals surface area contributed by atoms with Gasteiger partial charge in [-0.25, -0.2) is 4.98 Å². The van der Waals surface area contributed by atoms with E-state index in [1.807, 2.05) is 24.3 Å². The maximum Gasteiger partial charge on any atom is 0.303 e. The Morgan fingerprint density at radius 3 is 2.67 bits per heavy atom. The molecule has 2 aromatic rings. The smallest absolute Gasteiger partial charge is 0.303 e. The number of hydrogen-bond acceptors (Lipinski definition) is 4. The van der Waals surface area contributed by atoms with E-state index < -0.39 is 5.97 Å². The van der Waals surface area contributed by atoms with Crippen LogP contribution in [0.2, 0.25) is 0 Å². The van der Waals surface area contributed by atoms with E-state index in [-0.39, 0.29) is 6.42 Å². The van der Waals surface area contributed by atoms with Crippen LogP contribution in [0.4, 0.5) is 0 Å². The third kappa shape index (κ3) is 4.86. The maximum absolute atomic E-state index is 10.6. The molecule has 0 saturated carbocycles. The number of aromatic nitrogens is 1. The molecule has 0 unspecified atom stereocenters. The molecule has 5 heteroatoms. The summed E-state index contributed by atoms with van der Waals surface area (Å²) in [7, 11) is 0. The van der Waals surface area contributed by atoms with Crippen molar-refractivity contribution in [3.8, 4) is 16.3 Å². The van der Waals surface area contributed by atoms with E-state index in [2.05, 4.69) is 18.8 Å². The molecule has 0 aliphatic rings. The minimum absolute atomic E-state index is 0.142. The van der Waals surface area contributed by atoms with Crippen molar-refractivity contribution in [2.24, 2.45) is 5.92 Å². The number of benzene rings is 1. The van der Waals surface area contributed by atoms with Crippen molar-refractivity contribution in [2.45, 2.75) is 26.7 Å². The fourth-order valence-corrected chi connectivity index (χ4v) is 2.66. The first-order valence-corrected chi connectivity index (χ1v) is 7.76. The normalized spacial score (nSPS) is 10.8. The quantitative estimate of drug-likeness (QED) is 0.843. The Hall–Kier alpha value is -1.88. The Morgan fingerprint density at radius 2 is 2.05 bits per heavy atom. The molecule has 0 radical (unpaired) electrons. The molecule has 4 nitrogen and oxygen atoms in total.